The Labute approximate surface area is 160 Å². The molecule has 0 aliphatic carbocycles. The molecule has 26 heavy (non-hydrogen) atoms. The summed E-state index contributed by atoms with van der Waals surface area (Å²) in [7, 11) is 3.95. The summed E-state index contributed by atoms with van der Waals surface area (Å²) >= 11 is 3.42. The Morgan fingerprint density at radius 3 is 2.65 bits per heavy atom. The van der Waals surface area contributed by atoms with Crippen molar-refractivity contribution in [1.29, 1.82) is 0 Å². The highest BCUT2D eigenvalue weighted by atomic mass is 79.9. The van der Waals surface area contributed by atoms with E-state index in [1.807, 2.05) is 37.2 Å². The predicted molar refractivity (Wildman–Crippen MR) is 103 cm³/mol. The van der Waals surface area contributed by atoms with E-state index in [2.05, 4.69) is 21.2 Å². The number of carbonyl (C=O) groups is 2. The fourth-order valence-electron chi connectivity index (χ4n) is 2.90. The normalized spacial score (nSPS) is 12.6. The number of benzene rings is 1. The molecule has 0 saturated carbocycles. The van der Waals surface area contributed by atoms with Gasteiger partial charge in [0.15, 0.2) is 0 Å². The Morgan fingerprint density at radius 1 is 1.31 bits per heavy atom. The lowest BCUT2D eigenvalue weighted by molar-refractivity contribution is -0.140. The fourth-order valence-corrected chi connectivity index (χ4v) is 3.25. The SMILES string of the molecule is CN(C)CCCN[C@H](C(=O)O)c1cn(CCC(=O)O)c2cc(Br)ccc12. The van der Waals surface area contributed by atoms with E-state index in [0.29, 0.717) is 12.1 Å². The van der Waals surface area contributed by atoms with E-state index in [0.717, 1.165) is 28.3 Å². The van der Waals surface area contributed by atoms with Crippen LogP contribution >= 0.6 is 15.9 Å². The Kier molecular flexibility index (Phi) is 7.19. The van der Waals surface area contributed by atoms with E-state index in [-0.39, 0.29) is 13.0 Å². The first-order valence-corrected chi connectivity index (χ1v) is 9.20. The van der Waals surface area contributed by atoms with Crippen LogP contribution in [0.3, 0.4) is 0 Å². The summed E-state index contributed by atoms with van der Waals surface area (Å²) in [5.41, 5.74) is 1.47. The van der Waals surface area contributed by atoms with Crippen LogP contribution in [0, 0.1) is 0 Å². The van der Waals surface area contributed by atoms with Crippen molar-refractivity contribution in [2.75, 3.05) is 27.2 Å². The van der Waals surface area contributed by atoms with Crippen molar-refractivity contribution in [2.45, 2.75) is 25.4 Å². The molecule has 0 fully saturated rings. The predicted octanol–water partition coefficient (Wildman–Crippen LogP) is 2.55. The number of rotatable bonds is 10. The monoisotopic (exact) mass is 425 g/mol. The van der Waals surface area contributed by atoms with Crippen molar-refractivity contribution in [2.24, 2.45) is 0 Å². The average Bonchev–Trinajstić information content (AvgIpc) is 2.89. The molecule has 0 unspecified atom stereocenters. The van der Waals surface area contributed by atoms with Crippen LogP contribution in [-0.4, -0.2) is 58.8 Å². The van der Waals surface area contributed by atoms with Gasteiger partial charge in [0.05, 0.1) is 6.42 Å². The van der Waals surface area contributed by atoms with E-state index < -0.39 is 18.0 Å². The summed E-state index contributed by atoms with van der Waals surface area (Å²) in [6.07, 6.45) is 2.56. The number of hydrogen-bond donors (Lipinski definition) is 3. The van der Waals surface area contributed by atoms with Crippen molar-refractivity contribution in [3.8, 4) is 0 Å². The number of aryl methyl sites for hydroxylation is 1. The maximum atomic E-state index is 11.8. The molecule has 3 N–H and O–H groups in total. The van der Waals surface area contributed by atoms with Gasteiger partial charge in [0.25, 0.3) is 0 Å². The maximum absolute atomic E-state index is 11.8. The summed E-state index contributed by atoms with van der Waals surface area (Å²) in [4.78, 5) is 24.8. The molecule has 1 heterocycles. The lowest BCUT2D eigenvalue weighted by atomic mass is 10.1. The number of nitrogens with zero attached hydrogens (tertiary/aromatic N) is 2. The molecular weight excluding hydrogens is 402 g/mol. The first-order chi connectivity index (χ1) is 12.3. The van der Waals surface area contributed by atoms with Crippen molar-refractivity contribution >= 4 is 38.8 Å². The highest BCUT2D eigenvalue weighted by Crippen LogP contribution is 2.29. The van der Waals surface area contributed by atoms with Gasteiger partial charge in [-0.1, -0.05) is 22.0 Å². The zero-order valence-electron chi connectivity index (χ0n) is 14.9. The summed E-state index contributed by atoms with van der Waals surface area (Å²) < 4.78 is 2.66. The number of aromatic nitrogens is 1. The van der Waals surface area contributed by atoms with Gasteiger partial charge in [0.1, 0.15) is 6.04 Å². The number of carboxylic acid groups (broad SMARTS) is 2. The molecular formula is C18H24BrN3O4. The fraction of sp³-hybridized carbons (Fsp3) is 0.444. The highest BCUT2D eigenvalue weighted by Gasteiger charge is 2.24. The van der Waals surface area contributed by atoms with Crippen LogP contribution in [0.15, 0.2) is 28.9 Å². The van der Waals surface area contributed by atoms with Gasteiger partial charge < -0.3 is 25.0 Å². The smallest absolute Gasteiger partial charge is 0.325 e. The molecule has 0 spiro atoms. The number of hydrogen-bond acceptors (Lipinski definition) is 4. The minimum absolute atomic E-state index is 0.0241. The second-order valence-corrected chi connectivity index (χ2v) is 7.38. The Bertz CT molecular complexity index is 788. The molecule has 0 saturated heterocycles. The third kappa shape index (κ3) is 5.30. The van der Waals surface area contributed by atoms with Crippen LogP contribution in [0.2, 0.25) is 0 Å². The molecule has 1 atom stereocenters. The van der Waals surface area contributed by atoms with Crippen LogP contribution in [0.1, 0.15) is 24.4 Å². The standard InChI is InChI=1S/C18H24BrN3O4/c1-21(2)8-3-7-20-17(18(25)26)14-11-22(9-6-16(23)24)15-10-12(19)4-5-13(14)15/h4-5,10-11,17,20H,3,6-9H2,1-2H3,(H,23,24)(H,25,26)/t17-/m0/s1. The molecule has 0 aliphatic rings. The number of aliphatic carboxylic acids is 2. The lowest BCUT2D eigenvalue weighted by Gasteiger charge is -2.15. The summed E-state index contributed by atoms with van der Waals surface area (Å²) in [6.45, 7) is 1.73. The topological polar surface area (TPSA) is 94.8 Å². The molecule has 0 amide bonds. The molecule has 2 rings (SSSR count). The van der Waals surface area contributed by atoms with Crippen LogP contribution in [0.25, 0.3) is 10.9 Å². The van der Waals surface area contributed by atoms with Crippen molar-refractivity contribution in [1.82, 2.24) is 14.8 Å². The van der Waals surface area contributed by atoms with Crippen LogP contribution in [0.5, 0.6) is 0 Å². The molecule has 142 valence electrons. The summed E-state index contributed by atoms with van der Waals surface area (Å²) in [5.74, 6) is -1.84. The zero-order chi connectivity index (χ0) is 19.3. The Morgan fingerprint density at radius 2 is 2.04 bits per heavy atom. The van der Waals surface area contributed by atoms with Gasteiger partial charge in [-0.25, -0.2) is 0 Å². The largest absolute Gasteiger partial charge is 0.481 e. The van der Waals surface area contributed by atoms with Gasteiger partial charge in [0.2, 0.25) is 0 Å². The van der Waals surface area contributed by atoms with Gasteiger partial charge in [-0.15, -0.1) is 0 Å². The molecule has 8 heteroatoms. The number of nitrogens with one attached hydrogen (secondary N) is 1. The second kappa shape index (κ2) is 9.16. The van der Waals surface area contributed by atoms with Gasteiger partial charge in [-0.05, 0) is 45.7 Å². The van der Waals surface area contributed by atoms with Gasteiger partial charge >= 0.3 is 11.9 Å². The van der Waals surface area contributed by atoms with Crippen molar-refractivity contribution in [3.05, 3.63) is 34.4 Å². The number of carboxylic acids is 2. The summed E-state index contributed by atoms with van der Waals surface area (Å²) in [6, 6.07) is 4.76. The molecule has 1 aromatic carbocycles. The van der Waals surface area contributed by atoms with E-state index >= 15 is 0 Å². The van der Waals surface area contributed by atoms with Gasteiger partial charge in [-0.3, -0.25) is 9.59 Å². The summed E-state index contributed by atoms with van der Waals surface area (Å²) in [5, 5.41) is 22.6. The van der Waals surface area contributed by atoms with Crippen molar-refractivity contribution in [3.63, 3.8) is 0 Å². The Balaban J connectivity index is 2.32. The number of halogens is 1. The van der Waals surface area contributed by atoms with Crippen molar-refractivity contribution < 1.29 is 19.8 Å². The average molecular weight is 426 g/mol. The van der Waals surface area contributed by atoms with Crippen LogP contribution in [-0.2, 0) is 16.1 Å². The zero-order valence-corrected chi connectivity index (χ0v) is 16.5. The third-order valence-electron chi connectivity index (χ3n) is 4.13. The van der Waals surface area contributed by atoms with Gasteiger partial charge in [-0.2, -0.15) is 0 Å². The molecule has 0 bridgehead atoms. The van der Waals surface area contributed by atoms with Gasteiger partial charge in [0, 0.05) is 33.7 Å². The second-order valence-electron chi connectivity index (χ2n) is 6.47. The highest BCUT2D eigenvalue weighted by molar-refractivity contribution is 9.10. The van der Waals surface area contributed by atoms with E-state index in [9.17, 15) is 14.7 Å². The van der Waals surface area contributed by atoms with Crippen LogP contribution in [0.4, 0.5) is 0 Å². The number of fused-ring (bicyclic) bond motifs is 1. The molecule has 0 radical (unpaired) electrons. The molecule has 2 aromatic rings. The maximum Gasteiger partial charge on any atom is 0.325 e. The molecule has 7 nitrogen and oxygen atoms in total. The Hall–Kier alpha value is -1.90. The first-order valence-electron chi connectivity index (χ1n) is 8.40. The minimum Gasteiger partial charge on any atom is -0.481 e. The molecule has 1 aromatic heterocycles. The van der Waals surface area contributed by atoms with E-state index in [1.54, 1.807) is 10.8 Å². The third-order valence-corrected chi connectivity index (χ3v) is 4.62. The lowest BCUT2D eigenvalue weighted by Crippen LogP contribution is -2.30. The minimum atomic E-state index is -0.949. The van der Waals surface area contributed by atoms with E-state index in [4.69, 9.17) is 5.11 Å². The van der Waals surface area contributed by atoms with E-state index in [1.165, 1.54) is 0 Å². The first kappa shape index (κ1) is 20.4. The molecule has 0 aliphatic heterocycles. The quantitative estimate of drug-likeness (QED) is 0.506. The van der Waals surface area contributed by atoms with Crippen LogP contribution < -0.4 is 5.32 Å².